The SMILES string of the molecule is N#Cc1ccc(Cl)cc1NS(=O)(=O)c1cc(Br)ccc1Br. The Morgan fingerprint density at radius 1 is 1.14 bits per heavy atom. The monoisotopic (exact) mass is 448 g/mol. The summed E-state index contributed by atoms with van der Waals surface area (Å²) in [5.74, 6) is 0. The molecule has 0 fully saturated rings. The van der Waals surface area contributed by atoms with Gasteiger partial charge < -0.3 is 0 Å². The van der Waals surface area contributed by atoms with Crippen molar-refractivity contribution in [3.63, 3.8) is 0 Å². The Hall–Kier alpha value is -1.07. The van der Waals surface area contributed by atoms with Gasteiger partial charge in [0.1, 0.15) is 11.0 Å². The fraction of sp³-hybridized carbons (Fsp3) is 0. The van der Waals surface area contributed by atoms with Gasteiger partial charge in [-0.3, -0.25) is 4.72 Å². The fourth-order valence-corrected chi connectivity index (χ4v) is 4.33. The molecule has 0 saturated heterocycles. The number of nitrogens with zero attached hydrogens (tertiary/aromatic N) is 1. The third kappa shape index (κ3) is 3.77. The molecule has 0 aliphatic rings. The van der Waals surface area contributed by atoms with Gasteiger partial charge in [-0.25, -0.2) is 8.42 Å². The van der Waals surface area contributed by atoms with Crippen LogP contribution >= 0.6 is 43.5 Å². The first-order valence-electron chi connectivity index (χ1n) is 5.51. The second-order valence-corrected chi connectivity index (χ2v) is 7.84. The van der Waals surface area contributed by atoms with Crippen LogP contribution in [0.25, 0.3) is 0 Å². The first kappa shape index (κ1) is 16.3. The maximum atomic E-state index is 12.4. The van der Waals surface area contributed by atoms with Crippen LogP contribution in [0.5, 0.6) is 0 Å². The highest BCUT2D eigenvalue weighted by atomic mass is 79.9. The number of halogens is 3. The predicted molar refractivity (Wildman–Crippen MR) is 88.8 cm³/mol. The summed E-state index contributed by atoms with van der Waals surface area (Å²) in [4.78, 5) is 0.0562. The summed E-state index contributed by atoms with van der Waals surface area (Å²) in [7, 11) is -3.85. The van der Waals surface area contributed by atoms with Crippen LogP contribution in [0.15, 0.2) is 50.2 Å². The van der Waals surface area contributed by atoms with Crippen LogP contribution in [0.1, 0.15) is 5.56 Å². The maximum Gasteiger partial charge on any atom is 0.263 e. The molecule has 108 valence electrons. The molecule has 21 heavy (non-hydrogen) atoms. The van der Waals surface area contributed by atoms with Gasteiger partial charge in [0.15, 0.2) is 0 Å². The molecule has 2 aromatic carbocycles. The van der Waals surface area contributed by atoms with Crippen LogP contribution in [0.3, 0.4) is 0 Å². The minimum atomic E-state index is -3.85. The molecule has 0 atom stereocenters. The van der Waals surface area contributed by atoms with Gasteiger partial charge in [-0.05, 0) is 52.3 Å². The fourth-order valence-electron chi connectivity index (χ4n) is 1.58. The molecule has 0 bridgehead atoms. The number of hydrogen-bond donors (Lipinski definition) is 1. The Bertz CT molecular complexity index is 848. The van der Waals surface area contributed by atoms with Gasteiger partial charge in [0.25, 0.3) is 10.0 Å². The average molecular weight is 451 g/mol. The Kier molecular flexibility index (Phi) is 4.94. The van der Waals surface area contributed by atoms with Crippen LogP contribution in [0, 0.1) is 11.3 Å². The lowest BCUT2D eigenvalue weighted by molar-refractivity contribution is 0.600. The molecule has 0 heterocycles. The van der Waals surface area contributed by atoms with E-state index in [4.69, 9.17) is 16.9 Å². The van der Waals surface area contributed by atoms with Crippen LogP contribution in [-0.4, -0.2) is 8.42 Å². The van der Waals surface area contributed by atoms with E-state index in [1.165, 1.54) is 24.3 Å². The number of anilines is 1. The van der Waals surface area contributed by atoms with Crippen molar-refractivity contribution in [3.05, 3.63) is 55.9 Å². The maximum absolute atomic E-state index is 12.4. The van der Waals surface area contributed by atoms with E-state index in [0.717, 1.165) is 0 Å². The molecule has 0 unspecified atom stereocenters. The lowest BCUT2D eigenvalue weighted by Crippen LogP contribution is -2.14. The normalized spacial score (nSPS) is 11.0. The molecule has 0 spiro atoms. The van der Waals surface area contributed by atoms with Crippen molar-refractivity contribution >= 4 is 59.2 Å². The van der Waals surface area contributed by atoms with Gasteiger partial charge in [-0.1, -0.05) is 27.5 Å². The largest absolute Gasteiger partial charge is 0.278 e. The van der Waals surface area contributed by atoms with Crippen LogP contribution in [0.4, 0.5) is 5.69 Å². The van der Waals surface area contributed by atoms with Gasteiger partial charge in [-0.2, -0.15) is 5.26 Å². The van der Waals surface area contributed by atoms with Crippen molar-refractivity contribution in [1.29, 1.82) is 5.26 Å². The third-order valence-electron chi connectivity index (χ3n) is 2.53. The first-order chi connectivity index (χ1) is 9.83. The first-order valence-corrected chi connectivity index (χ1v) is 8.96. The van der Waals surface area contributed by atoms with E-state index in [0.29, 0.717) is 14.0 Å². The van der Waals surface area contributed by atoms with E-state index >= 15 is 0 Å². The number of rotatable bonds is 3. The third-order valence-corrected chi connectivity index (χ3v) is 5.62. The Labute approximate surface area is 144 Å². The van der Waals surface area contributed by atoms with E-state index < -0.39 is 10.0 Å². The summed E-state index contributed by atoms with van der Waals surface area (Å²) in [5.41, 5.74) is 0.325. The summed E-state index contributed by atoms with van der Waals surface area (Å²) in [6, 6.07) is 11.1. The summed E-state index contributed by atoms with van der Waals surface area (Å²) in [5, 5.41) is 9.36. The number of benzene rings is 2. The van der Waals surface area contributed by atoms with Crippen molar-refractivity contribution in [2.75, 3.05) is 4.72 Å². The van der Waals surface area contributed by atoms with E-state index in [-0.39, 0.29) is 16.1 Å². The summed E-state index contributed by atoms with van der Waals surface area (Å²) in [6.45, 7) is 0. The van der Waals surface area contributed by atoms with Crippen molar-refractivity contribution < 1.29 is 8.42 Å². The Morgan fingerprint density at radius 3 is 2.52 bits per heavy atom. The molecule has 0 aromatic heterocycles. The van der Waals surface area contributed by atoms with Crippen LogP contribution in [-0.2, 0) is 10.0 Å². The average Bonchev–Trinajstić information content (AvgIpc) is 2.41. The molecule has 8 heteroatoms. The van der Waals surface area contributed by atoms with Crippen LogP contribution in [0.2, 0.25) is 5.02 Å². The van der Waals surface area contributed by atoms with E-state index in [1.54, 1.807) is 12.1 Å². The van der Waals surface area contributed by atoms with Crippen LogP contribution < -0.4 is 4.72 Å². The van der Waals surface area contributed by atoms with Crippen molar-refractivity contribution in [2.45, 2.75) is 4.90 Å². The molecule has 2 rings (SSSR count). The Balaban J connectivity index is 2.50. The molecule has 0 aliphatic carbocycles. The van der Waals surface area contributed by atoms with Gasteiger partial charge in [0.05, 0.1) is 11.3 Å². The van der Waals surface area contributed by atoms with Gasteiger partial charge >= 0.3 is 0 Å². The summed E-state index contributed by atoms with van der Waals surface area (Å²) in [6.07, 6.45) is 0. The number of nitrogens with one attached hydrogen (secondary N) is 1. The molecule has 0 radical (unpaired) electrons. The number of nitriles is 1. The minimum Gasteiger partial charge on any atom is -0.278 e. The second-order valence-electron chi connectivity index (χ2n) is 3.98. The highest BCUT2D eigenvalue weighted by Gasteiger charge is 2.19. The van der Waals surface area contributed by atoms with Crippen molar-refractivity contribution in [3.8, 4) is 6.07 Å². The molecule has 1 N–H and O–H groups in total. The predicted octanol–water partition coefficient (Wildman–Crippen LogP) is 4.54. The highest BCUT2D eigenvalue weighted by Crippen LogP contribution is 2.29. The lowest BCUT2D eigenvalue weighted by Gasteiger charge is -2.11. The number of sulfonamides is 1. The number of hydrogen-bond acceptors (Lipinski definition) is 3. The zero-order chi connectivity index (χ0) is 15.6. The van der Waals surface area contributed by atoms with E-state index in [1.807, 2.05) is 6.07 Å². The van der Waals surface area contributed by atoms with E-state index in [9.17, 15) is 8.42 Å². The smallest absolute Gasteiger partial charge is 0.263 e. The molecule has 4 nitrogen and oxygen atoms in total. The molecule has 0 amide bonds. The zero-order valence-corrected chi connectivity index (χ0v) is 15.0. The molecular weight excluding hydrogens is 443 g/mol. The summed E-state index contributed by atoms with van der Waals surface area (Å²) >= 11 is 12.3. The molecule has 0 aliphatic heterocycles. The lowest BCUT2D eigenvalue weighted by atomic mass is 10.2. The van der Waals surface area contributed by atoms with Gasteiger partial charge in [-0.15, -0.1) is 0 Å². The molecule has 2 aromatic rings. The molecule has 0 saturated carbocycles. The van der Waals surface area contributed by atoms with Crippen molar-refractivity contribution in [2.24, 2.45) is 0 Å². The standard InChI is InChI=1S/C13H7Br2ClN2O2S/c14-9-2-4-11(15)13(5-9)21(19,20)18-12-6-10(16)3-1-8(12)7-17/h1-6,18H. The van der Waals surface area contributed by atoms with Gasteiger partial charge in [0, 0.05) is 14.0 Å². The second kappa shape index (κ2) is 6.36. The molecular formula is C13H7Br2ClN2O2S. The minimum absolute atomic E-state index is 0.0562. The van der Waals surface area contributed by atoms with Gasteiger partial charge in [0.2, 0.25) is 0 Å². The van der Waals surface area contributed by atoms with E-state index in [2.05, 4.69) is 36.6 Å². The zero-order valence-electron chi connectivity index (χ0n) is 10.3. The van der Waals surface area contributed by atoms with Crippen molar-refractivity contribution in [1.82, 2.24) is 0 Å². The summed E-state index contributed by atoms with van der Waals surface area (Å²) < 4.78 is 28.3. The Morgan fingerprint density at radius 2 is 1.86 bits per heavy atom. The highest BCUT2D eigenvalue weighted by molar-refractivity contribution is 9.11. The topological polar surface area (TPSA) is 70.0 Å². The quantitative estimate of drug-likeness (QED) is 0.747.